The molecule has 1 aromatic carbocycles. The third-order valence-corrected chi connectivity index (χ3v) is 5.62. The van der Waals surface area contributed by atoms with Gasteiger partial charge in [-0.2, -0.15) is 23.1 Å². The molecule has 1 aromatic heterocycles. The van der Waals surface area contributed by atoms with Crippen LogP contribution in [0.2, 0.25) is 0 Å². The van der Waals surface area contributed by atoms with Gasteiger partial charge < -0.3 is 24.8 Å². The average Bonchev–Trinajstić information content (AvgIpc) is 2.97. The number of aromatic nitrogens is 2. The lowest BCUT2D eigenvalue weighted by Crippen LogP contribution is -2.33. The summed E-state index contributed by atoms with van der Waals surface area (Å²) in [5.74, 6) is -0.290. The van der Waals surface area contributed by atoms with Gasteiger partial charge in [0.15, 0.2) is 5.82 Å². The van der Waals surface area contributed by atoms with E-state index in [0.717, 1.165) is 12.1 Å². The Morgan fingerprint density at radius 3 is 2.75 bits per heavy atom. The Kier molecular flexibility index (Phi) is 6.13. The molecule has 0 aliphatic carbocycles. The summed E-state index contributed by atoms with van der Waals surface area (Å²) >= 11 is 0. The van der Waals surface area contributed by atoms with Crippen molar-refractivity contribution in [1.29, 1.82) is 0 Å². The first-order chi connectivity index (χ1) is 15.2. The molecule has 2 aliphatic heterocycles. The molecule has 32 heavy (non-hydrogen) atoms. The lowest BCUT2D eigenvalue weighted by Gasteiger charge is -2.32. The van der Waals surface area contributed by atoms with Gasteiger partial charge in [0.1, 0.15) is 5.82 Å². The highest BCUT2D eigenvalue weighted by Gasteiger charge is 2.40. The van der Waals surface area contributed by atoms with Crippen molar-refractivity contribution in [2.75, 3.05) is 44.0 Å². The highest BCUT2D eigenvalue weighted by Crippen LogP contribution is 2.42. The summed E-state index contributed by atoms with van der Waals surface area (Å²) in [4.78, 5) is 10.9. The van der Waals surface area contributed by atoms with E-state index in [1.165, 1.54) is 7.11 Å². The number of fused-ring (bicyclic) bond motifs is 1. The van der Waals surface area contributed by atoms with Gasteiger partial charge >= 0.3 is 12.2 Å². The average molecular weight is 456 g/mol. The van der Waals surface area contributed by atoms with E-state index in [1.54, 1.807) is 0 Å². The SMILES string of the molecule is COc1nc2c(c(N3CCOCC(C)C3)n1)COC(c1c(C(F)(F)F)ccc(N)c1F)C2. The molecule has 174 valence electrons. The van der Waals surface area contributed by atoms with Crippen LogP contribution >= 0.6 is 0 Å². The first-order valence-corrected chi connectivity index (χ1v) is 10.2. The number of alkyl halides is 3. The third kappa shape index (κ3) is 4.31. The molecule has 2 aromatic rings. The number of nitrogen functional groups attached to an aromatic ring is 1. The Morgan fingerprint density at radius 2 is 2.03 bits per heavy atom. The molecule has 1 saturated heterocycles. The quantitative estimate of drug-likeness (QED) is 0.559. The minimum Gasteiger partial charge on any atom is -0.467 e. The van der Waals surface area contributed by atoms with E-state index in [0.29, 0.717) is 43.4 Å². The Labute approximate surface area is 182 Å². The van der Waals surface area contributed by atoms with Gasteiger partial charge in [-0.1, -0.05) is 6.92 Å². The van der Waals surface area contributed by atoms with E-state index in [4.69, 9.17) is 19.9 Å². The Morgan fingerprint density at radius 1 is 1.25 bits per heavy atom. The maximum Gasteiger partial charge on any atom is 0.416 e. The summed E-state index contributed by atoms with van der Waals surface area (Å²) in [6.07, 6.45) is -6.05. The predicted molar refractivity (Wildman–Crippen MR) is 108 cm³/mol. The molecule has 2 aliphatic rings. The van der Waals surface area contributed by atoms with Crippen LogP contribution in [0, 0.1) is 11.7 Å². The van der Waals surface area contributed by atoms with Crippen molar-refractivity contribution in [1.82, 2.24) is 9.97 Å². The van der Waals surface area contributed by atoms with Crippen LogP contribution in [0.3, 0.4) is 0 Å². The molecule has 3 heterocycles. The van der Waals surface area contributed by atoms with Crippen LogP contribution < -0.4 is 15.4 Å². The fourth-order valence-corrected chi connectivity index (χ4v) is 4.11. The molecule has 0 bridgehead atoms. The Hall–Kier alpha value is -2.66. The Balaban J connectivity index is 1.75. The van der Waals surface area contributed by atoms with E-state index in [9.17, 15) is 17.6 Å². The van der Waals surface area contributed by atoms with Crippen LogP contribution in [-0.2, 0) is 28.7 Å². The topological polar surface area (TPSA) is 82.7 Å². The summed E-state index contributed by atoms with van der Waals surface area (Å²) in [5, 5.41) is 0. The van der Waals surface area contributed by atoms with Crippen molar-refractivity contribution in [3.05, 3.63) is 40.3 Å². The summed E-state index contributed by atoms with van der Waals surface area (Å²) in [6, 6.07) is 1.77. The number of ether oxygens (including phenoxy) is 3. The normalized spacial score (nSPS) is 21.8. The van der Waals surface area contributed by atoms with Gasteiger partial charge in [0.2, 0.25) is 0 Å². The van der Waals surface area contributed by atoms with Gasteiger partial charge in [-0.3, -0.25) is 0 Å². The van der Waals surface area contributed by atoms with E-state index in [1.807, 2.05) is 4.90 Å². The van der Waals surface area contributed by atoms with E-state index >= 15 is 0 Å². The molecule has 2 atom stereocenters. The van der Waals surface area contributed by atoms with Crippen molar-refractivity contribution in [3.63, 3.8) is 0 Å². The largest absolute Gasteiger partial charge is 0.467 e. The van der Waals surface area contributed by atoms with Crippen molar-refractivity contribution in [3.8, 4) is 6.01 Å². The van der Waals surface area contributed by atoms with Gasteiger partial charge in [-0.25, -0.2) is 4.39 Å². The highest BCUT2D eigenvalue weighted by molar-refractivity contribution is 5.53. The molecular weight excluding hydrogens is 432 g/mol. The lowest BCUT2D eigenvalue weighted by atomic mass is 9.94. The standard InChI is InChI=1S/C21H24F4N4O3/c1-11-8-29(5-6-31-9-11)19-12-10-32-16(7-15(12)27-20(28-19)30-2)17-13(21(23,24)25)3-4-14(26)18(17)22/h3-4,11,16H,5-10,26H2,1-2H3. The van der Waals surface area contributed by atoms with Crippen LogP contribution in [0.25, 0.3) is 0 Å². The van der Waals surface area contributed by atoms with E-state index in [-0.39, 0.29) is 30.6 Å². The molecule has 0 spiro atoms. The number of halogens is 4. The first kappa shape index (κ1) is 22.5. The number of hydrogen-bond donors (Lipinski definition) is 1. The second-order valence-corrected chi connectivity index (χ2v) is 8.02. The first-order valence-electron chi connectivity index (χ1n) is 10.2. The summed E-state index contributed by atoms with van der Waals surface area (Å²) < 4.78 is 72.1. The van der Waals surface area contributed by atoms with Crippen LogP contribution in [0.1, 0.15) is 35.4 Å². The van der Waals surface area contributed by atoms with Crippen LogP contribution in [-0.4, -0.2) is 43.4 Å². The zero-order valence-electron chi connectivity index (χ0n) is 17.7. The second-order valence-electron chi connectivity index (χ2n) is 8.02. The number of methoxy groups -OCH3 is 1. The van der Waals surface area contributed by atoms with Crippen molar-refractivity contribution >= 4 is 11.5 Å². The van der Waals surface area contributed by atoms with Crippen LogP contribution in [0.15, 0.2) is 12.1 Å². The molecule has 0 saturated carbocycles. The number of nitrogens with zero attached hydrogens (tertiary/aromatic N) is 3. The fraction of sp³-hybridized carbons (Fsp3) is 0.524. The van der Waals surface area contributed by atoms with Crippen molar-refractivity contribution in [2.24, 2.45) is 5.92 Å². The smallest absolute Gasteiger partial charge is 0.416 e. The number of benzene rings is 1. The zero-order valence-corrected chi connectivity index (χ0v) is 17.7. The number of anilines is 2. The lowest BCUT2D eigenvalue weighted by molar-refractivity contribution is -0.140. The molecule has 7 nitrogen and oxygen atoms in total. The van der Waals surface area contributed by atoms with Crippen molar-refractivity contribution < 1.29 is 31.8 Å². The monoisotopic (exact) mass is 456 g/mol. The van der Waals surface area contributed by atoms with E-state index in [2.05, 4.69) is 16.9 Å². The predicted octanol–water partition coefficient (Wildman–Crippen LogP) is 3.51. The Bertz CT molecular complexity index is 1000. The third-order valence-electron chi connectivity index (χ3n) is 5.62. The molecule has 1 fully saturated rings. The molecule has 2 unspecified atom stereocenters. The van der Waals surface area contributed by atoms with Crippen molar-refractivity contribution in [2.45, 2.75) is 32.2 Å². The number of nitrogens with two attached hydrogens (primary N) is 1. The van der Waals surface area contributed by atoms with Crippen LogP contribution in [0.5, 0.6) is 6.01 Å². The summed E-state index contributed by atoms with van der Waals surface area (Å²) in [6.45, 7) is 4.38. The van der Waals surface area contributed by atoms with Crippen LogP contribution in [0.4, 0.5) is 29.1 Å². The maximum absolute atomic E-state index is 14.8. The van der Waals surface area contributed by atoms with Gasteiger partial charge in [-0.05, 0) is 18.1 Å². The van der Waals surface area contributed by atoms with Gasteiger partial charge in [0.05, 0.1) is 50.0 Å². The zero-order chi connectivity index (χ0) is 23.0. The molecule has 0 amide bonds. The highest BCUT2D eigenvalue weighted by atomic mass is 19.4. The fourth-order valence-electron chi connectivity index (χ4n) is 4.11. The molecule has 0 radical (unpaired) electrons. The van der Waals surface area contributed by atoms with Gasteiger partial charge in [0.25, 0.3) is 0 Å². The number of rotatable bonds is 3. The number of hydrogen-bond acceptors (Lipinski definition) is 7. The van der Waals surface area contributed by atoms with Gasteiger partial charge in [-0.15, -0.1) is 0 Å². The van der Waals surface area contributed by atoms with Gasteiger partial charge in [0, 0.05) is 30.6 Å². The molecular formula is C21H24F4N4O3. The minimum atomic E-state index is -4.76. The summed E-state index contributed by atoms with van der Waals surface area (Å²) in [5.41, 5.74) is 4.57. The molecule has 11 heteroatoms. The summed E-state index contributed by atoms with van der Waals surface area (Å²) in [7, 11) is 1.41. The second kappa shape index (κ2) is 8.70. The minimum absolute atomic E-state index is 0.0728. The van der Waals surface area contributed by atoms with E-state index < -0.39 is 29.2 Å². The molecule has 2 N–H and O–H groups in total. The molecule has 4 rings (SSSR count). The maximum atomic E-state index is 14.8.